The molecular formula is C10H9N5O2. The van der Waals surface area contributed by atoms with Crippen LogP contribution >= 0.6 is 0 Å². The van der Waals surface area contributed by atoms with Crippen molar-refractivity contribution in [2.45, 2.75) is 0 Å². The van der Waals surface area contributed by atoms with Crippen molar-refractivity contribution in [3.8, 4) is 11.8 Å². The first kappa shape index (κ1) is 12.4. The Hall–Kier alpha value is -2.71. The Morgan fingerprint density at radius 2 is 2.41 bits per heavy atom. The summed E-state index contributed by atoms with van der Waals surface area (Å²) < 4.78 is 0. The number of benzene rings is 1. The van der Waals surface area contributed by atoms with Crippen molar-refractivity contribution in [2.75, 3.05) is 18.9 Å². The maximum Gasteiger partial charge on any atom is 0.293 e. The van der Waals surface area contributed by atoms with Crippen LogP contribution in [0.5, 0.6) is 0 Å². The fourth-order valence-corrected chi connectivity index (χ4v) is 1.18. The zero-order chi connectivity index (χ0) is 12.7. The van der Waals surface area contributed by atoms with E-state index < -0.39 is 4.92 Å². The maximum absolute atomic E-state index is 10.8. The molecule has 0 unspecified atom stereocenters. The number of anilines is 1. The highest BCUT2D eigenvalue weighted by molar-refractivity contribution is 5.64. The fraction of sp³-hybridized carbons (Fsp3) is 0.200. The first-order valence-corrected chi connectivity index (χ1v) is 4.65. The predicted octanol–water partition coefficient (Wildman–Crippen LogP) is 2.30. The zero-order valence-electron chi connectivity index (χ0n) is 9.04. The summed E-state index contributed by atoms with van der Waals surface area (Å²) in [5, 5.41) is 16.7. The molecule has 1 rings (SSSR count). The number of nitrogens with zero attached hydrogens (tertiary/aromatic N) is 4. The molecule has 7 nitrogen and oxygen atoms in total. The number of nitrogens with one attached hydrogen (secondary N) is 1. The molecule has 86 valence electrons. The summed E-state index contributed by atoms with van der Waals surface area (Å²) in [6.45, 7) is 0.0398. The van der Waals surface area contributed by atoms with Crippen molar-refractivity contribution in [1.29, 1.82) is 0 Å². The van der Waals surface area contributed by atoms with Crippen LogP contribution in [0.25, 0.3) is 10.4 Å². The monoisotopic (exact) mass is 231 g/mol. The number of hydrogen-bond acceptors (Lipinski definition) is 4. The van der Waals surface area contributed by atoms with Crippen LogP contribution in [0.2, 0.25) is 0 Å². The summed E-state index contributed by atoms with van der Waals surface area (Å²) in [7, 11) is 1.61. The standard InChI is InChI=1S/C10H9N5O2/c1-12-9-5-4-8(3-2-6-13-14-11)7-10(9)15(16)17/h4-5,7,12H,6H2,1H3. The van der Waals surface area contributed by atoms with E-state index in [-0.39, 0.29) is 12.2 Å². The molecule has 0 fully saturated rings. The lowest BCUT2D eigenvalue weighted by Crippen LogP contribution is -1.96. The minimum atomic E-state index is -0.482. The minimum Gasteiger partial charge on any atom is -0.383 e. The summed E-state index contributed by atoms with van der Waals surface area (Å²) in [4.78, 5) is 12.8. The summed E-state index contributed by atoms with van der Waals surface area (Å²) in [6.07, 6.45) is 0. The van der Waals surface area contributed by atoms with Gasteiger partial charge in [-0.2, -0.15) is 0 Å². The van der Waals surface area contributed by atoms with Gasteiger partial charge in [0.25, 0.3) is 5.69 Å². The van der Waals surface area contributed by atoms with Crippen LogP contribution in [0.15, 0.2) is 23.3 Å². The van der Waals surface area contributed by atoms with Gasteiger partial charge >= 0.3 is 0 Å². The lowest BCUT2D eigenvalue weighted by Gasteiger charge is -2.01. The van der Waals surface area contributed by atoms with Crippen molar-refractivity contribution in [2.24, 2.45) is 5.11 Å². The van der Waals surface area contributed by atoms with Gasteiger partial charge in [0.2, 0.25) is 0 Å². The van der Waals surface area contributed by atoms with E-state index in [0.29, 0.717) is 11.3 Å². The topological polar surface area (TPSA) is 104 Å². The molecule has 0 atom stereocenters. The number of hydrogen-bond donors (Lipinski definition) is 1. The highest BCUT2D eigenvalue weighted by Crippen LogP contribution is 2.24. The van der Waals surface area contributed by atoms with Crippen LogP contribution in [0.3, 0.4) is 0 Å². The second kappa shape index (κ2) is 6.00. The van der Waals surface area contributed by atoms with Gasteiger partial charge in [-0.05, 0) is 17.7 Å². The summed E-state index contributed by atoms with van der Waals surface area (Å²) in [5.74, 6) is 5.27. The number of azide groups is 1. The third-order valence-corrected chi connectivity index (χ3v) is 1.91. The molecule has 0 aliphatic carbocycles. The Labute approximate surface area is 97.2 Å². The van der Waals surface area contributed by atoms with Gasteiger partial charge in [-0.15, -0.1) is 0 Å². The smallest absolute Gasteiger partial charge is 0.293 e. The lowest BCUT2D eigenvalue weighted by molar-refractivity contribution is -0.384. The average Bonchev–Trinajstić information content (AvgIpc) is 2.34. The third-order valence-electron chi connectivity index (χ3n) is 1.91. The summed E-state index contributed by atoms with van der Waals surface area (Å²) >= 11 is 0. The molecule has 0 amide bonds. The molecule has 0 saturated carbocycles. The molecule has 0 saturated heterocycles. The third kappa shape index (κ3) is 3.41. The van der Waals surface area contributed by atoms with Crippen LogP contribution < -0.4 is 5.32 Å². The van der Waals surface area contributed by atoms with E-state index in [0.717, 1.165) is 0 Å². The van der Waals surface area contributed by atoms with Gasteiger partial charge < -0.3 is 5.32 Å². The Bertz CT molecular complexity index is 537. The van der Waals surface area contributed by atoms with Crippen LogP contribution in [0.4, 0.5) is 11.4 Å². The van der Waals surface area contributed by atoms with E-state index in [1.54, 1.807) is 19.2 Å². The van der Waals surface area contributed by atoms with E-state index in [2.05, 4.69) is 27.2 Å². The number of nitro benzene ring substituents is 1. The highest BCUT2D eigenvalue weighted by Gasteiger charge is 2.12. The first-order chi connectivity index (χ1) is 8.19. The molecule has 0 spiro atoms. The molecule has 0 radical (unpaired) electrons. The molecule has 0 aliphatic rings. The number of nitro groups is 1. The van der Waals surface area contributed by atoms with Crippen molar-refractivity contribution < 1.29 is 4.92 Å². The van der Waals surface area contributed by atoms with Crippen molar-refractivity contribution in [1.82, 2.24) is 0 Å². The Kier molecular flexibility index (Phi) is 4.36. The molecule has 1 aromatic carbocycles. The lowest BCUT2D eigenvalue weighted by atomic mass is 10.2. The second-order valence-electron chi connectivity index (χ2n) is 2.93. The molecule has 1 N–H and O–H groups in total. The molecule has 0 bridgehead atoms. The normalized spacial score (nSPS) is 8.53. The van der Waals surface area contributed by atoms with Gasteiger partial charge in [0, 0.05) is 23.6 Å². The van der Waals surface area contributed by atoms with Crippen LogP contribution in [0.1, 0.15) is 5.56 Å². The van der Waals surface area contributed by atoms with Crippen molar-refractivity contribution in [3.63, 3.8) is 0 Å². The first-order valence-electron chi connectivity index (χ1n) is 4.65. The Morgan fingerprint density at radius 3 is 3.00 bits per heavy atom. The Balaban J connectivity index is 3.02. The van der Waals surface area contributed by atoms with E-state index >= 15 is 0 Å². The molecule has 17 heavy (non-hydrogen) atoms. The SMILES string of the molecule is CNc1ccc(C#CCN=[N+]=[N-])cc1[N+](=O)[O-]. The summed E-state index contributed by atoms with van der Waals surface area (Å²) in [5.41, 5.74) is 8.93. The molecule has 0 aliphatic heterocycles. The zero-order valence-corrected chi connectivity index (χ0v) is 9.04. The van der Waals surface area contributed by atoms with Gasteiger partial charge in [0.1, 0.15) is 5.69 Å². The van der Waals surface area contributed by atoms with Gasteiger partial charge in [0.15, 0.2) is 0 Å². The fourth-order valence-electron chi connectivity index (χ4n) is 1.18. The maximum atomic E-state index is 10.8. The molecule has 0 aromatic heterocycles. The van der Waals surface area contributed by atoms with Crippen molar-refractivity contribution in [3.05, 3.63) is 44.3 Å². The van der Waals surface area contributed by atoms with E-state index in [1.807, 2.05) is 0 Å². The van der Waals surface area contributed by atoms with E-state index in [9.17, 15) is 10.1 Å². The predicted molar refractivity (Wildman–Crippen MR) is 63.5 cm³/mol. The molecule has 1 aromatic rings. The largest absolute Gasteiger partial charge is 0.383 e. The van der Waals surface area contributed by atoms with Crippen LogP contribution in [0, 0.1) is 22.0 Å². The molecular weight excluding hydrogens is 222 g/mol. The van der Waals surface area contributed by atoms with Crippen LogP contribution in [-0.2, 0) is 0 Å². The number of rotatable bonds is 3. The van der Waals surface area contributed by atoms with Crippen LogP contribution in [-0.4, -0.2) is 18.5 Å². The second-order valence-corrected chi connectivity index (χ2v) is 2.93. The van der Waals surface area contributed by atoms with Gasteiger partial charge in [-0.1, -0.05) is 17.0 Å². The Morgan fingerprint density at radius 1 is 1.65 bits per heavy atom. The molecule has 7 heteroatoms. The van der Waals surface area contributed by atoms with Crippen molar-refractivity contribution >= 4 is 11.4 Å². The minimum absolute atomic E-state index is 0.0388. The van der Waals surface area contributed by atoms with E-state index in [1.165, 1.54) is 6.07 Å². The van der Waals surface area contributed by atoms with Gasteiger partial charge in [-0.25, -0.2) is 0 Å². The van der Waals surface area contributed by atoms with E-state index in [4.69, 9.17) is 5.53 Å². The summed E-state index contributed by atoms with van der Waals surface area (Å²) in [6, 6.07) is 4.60. The highest BCUT2D eigenvalue weighted by atomic mass is 16.6. The van der Waals surface area contributed by atoms with Gasteiger partial charge in [0.05, 0.1) is 11.5 Å². The average molecular weight is 231 g/mol. The molecule has 0 heterocycles. The van der Waals surface area contributed by atoms with Gasteiger partial charge in [-0.3, -0.25) is 10.1 Å². The quantitative estimate of drug-likeness (QED) is 0.215.